The zero-order valence-electron chi connectivity index (χ0n) is 24.9. The number of nitrogens with one attached hydrogen (secondary N) is 1. The third-order valence-electron chi connectivity index (χ3n) is 7.86. The fourth-order valence-electron chi connectivity index (χ4n) is 5.34. The predicted molar refractivity (Wildman–Crippen MR) is 158 cm³/mol. The van der Waals surface area contributed by atoms with E-state index in [0.29, 0.717) is 41.8 Å². The van der Waals surface area contributed by atoms with Crippen LogP contribution >= 0.6 is 0 Å². The molecular formula is C32H34N4O8. The zero-order chi connectivity index (χ0) is 32.4. The number of nitrogens with zero attached hydrogens (tertiary/aromatic N) is 3. The molecule has 0 spiro atoms. The van der Waals surface area contributed by atoms with Crippen LogP contribution in [0.15, 0.2) is 48.5 Å². The fraction of sp³-hybridized carbons (Fsp3) is 0.375. The summed E-state index contributed by atoms with van der Waals surface area (Å²) in [6, 6.07) is 11.5. The van der Waals surface area contributed by atoms with Gasteiger partial charge in [-0.15, -0.1) is 0 Å². The van der Waals surface area contributed by atoms with Crippen molar-refractivity contribution in [1.82, 2.24) is 10.2 Å². The molecule has 0 unspecified atom stereocenters. The van der Waals surface area contributed by atoms with Gasteiger partial charge in [0.1, 0.15) is 17.8 Å². The van der Waals surface area contributed by atoms with Crippen LogP contribution in [0.3, 0.4) is 0 Å². The van der Waals surface area contributed by atoms with Crippen LogP contribution in [0.2, 0.25) is 0 Å². The number of carbonyl (C=O) groups is 5. The maximum Gasteiger partial charge on any atom is 0.360 e. The van der Waals surface area contributed by atoms with E-state index in [-0.39, 0.29) is 24.0 Å². The number of hydrogen-bond acceptors (Lipinski definition) is 7. The maximum atomic E-state index is 13.8. The van der Waals surface area contributed by atoms with E-state index >= 15 is 0 Å². The normalized spacial score (nSPS) is 17.7. The average Bonchev–Trinajstić information content (AvgIpc) is 3.63. The Balaban J connectivity index is 1.46. The molecule has 2 aliphatic rings. The van der Waals surface area contributed by atoms with Gasteiger partial charge in [0.2, 0.25) is 17.7 Å². The van der Waals surface area contributed by atoms with Crippen molar-refractivity contribution in [3.05, 3.63) is 65.2 Å². The first-order valence-electron chi connectivity index (χ1n) is 14.0. The molecule has 2 aromatic carbocycles. The Bertz CT molecular complexity index is 1550. The molecule has 230 valence electrons. The van der Waals surface area contributed by atoms with Gasteiger partial charge in [0.25, 0.3) is 0 Å². The number of carboxylic acids is 2. The number of carboxylic acid groups (broad SMARTS) is 2. The first-order chi connectivity index (χ1) is 20.7. The van der Waals surface area contributed by atoms with Crippen LogP contribution in [0.1, 0.15) is 50.3 Å². The summed E-state index contributed by atoms with van der Waals surface area (Å²) in [5, 5.41) is 30.7. The first kappa shape index (κ1) is 31.7. The van der Waals surface area contributed by atoms with E-state index in [9.17, 15) is 34.2 Å². The Kier molecular flexibility index (Phi) is 8.81. The Morgan fingerprint density at radius 1 is 1.11 bits per heavy atom. The number of benzene rings is 2. The molecule has 2 atom stereocenters. The molecule has 0 bridgehead atoms. The predicted octanol–water partition coefficient (Wildman–Crippen LogP) is 2.60. The van der Waals surface area contributed by atoms with E-state index in [1.54, 1.807) is 43.4 Å². The van der Waals surface area contributed by atoms with Crippen LogP contribution in [-0.2, 0) is 30.4 Å². The summed E-state index contributed by atoms with van der Waals surface area (Å²) in [4.78, 5) is 66.5. The summed E-state index contributed by atoms with van der Waals surface area (Å²) in [7, 11) is 1.62. The molecule has 0 aliphatic carbocycles. The molecule has 2 heterocycles. The van der Waals surface area contributed by atoms with Gasteiger partial charge in [-0.1, -0.05) is 26.8 Å². The van der Waals surface area contributed by atoms with Gasteiger partial charge in [-0.3, -0.25) is 14.4 Å². The molecule has 12 heteroatoms. The number of ether oxygens (including phenoxy) is 1. The molecule has 2 aliphatic heterocycles. The maximum absolute atomic E-state index is 13.8. The molecule has 1 fully saturated rings. The highest BCUT2D eigenvalue weighted by molar-refractivity contribution is 6.04. The van der Waals surface area contributed by atoms with Crippen LogP contribution in [-0.4, -0.2) is 76.1 Å². The van der Waals surface area contributed by atoms with Gasteiger partial charge in [0, 0.05) is 37.3 Å². The molecule has 44 heavy (non-hydrogen) atoms. The van der Waals surface area contributed by atoms with Gasteiger partial charge < -0.3 is 30.1 Å². The average molecular weight is 603 g/mol. The highest BCUT2D eigenvalue weighted by Crippen LogP contribution is 2.36. The minimum atomic E-state index is -2.41. The number of hydrogen-bond donors (Lipinski definition) is 3. The number of fused-ring (bicyclic) bond motifs is 1. The second-order valence-electron chi connectivity index (χ2n) is 12.0. The van der Waals surface area contributed by atoms with Gasteiger partial charge >= 0.3 is 17.5 Å². The van der Waals surface area contributed by atoms with Crippen LogP contribution in [0.4, 0.5) is 5.69 Å². The summed E-state index contributed by atoms with van der Waals surface area (Å²) in [6.45, 7) is 5.80. The molecule has 3 N–H and O–H groups in total. The van der Waals surface area contributed by atoms with Gasteiger partial charge in [0.05, 0.1) is 11.6 Å². The Morgan fingerprint density at radius 3 is 2.36 bits per heavy atom. The zero-order valence-corrected chi connectivity index (χ0v) is 24.9. The molecule has 0 saturated carbocycles. The fourth-order valence-corrected chi connectivity index (χ4v) is 5.34. The third kappa shape index (κ3) is 6.27. The van der Waals surface area contributed by atoms with Gasteiger partial charge in [-0.05, 0) is 66.3 Å². The Labute approximate surface area is 254 Å². The van der Waals surface area contributed by atoms with Crippen LogP contribution < -0.4 is 15.0 Å². The molecular weight excluding hydrogens is 568 g/mol. The summed E-state index contributed by atoms with van der Waals surface area (Å²) in [5.41, 5.74) is -1.17. The van der Waals surface area contributed by atoms with E-state index in [2.05, 4.69) is 5.32 Å². The number of likely N-dealkylation sites (tertiary alicyclic amines) is 1. The standard InChI is InChI=1S/C32H34N4O8/c1-31(2,3)26(28(39)36-15-5-6-23(36)27(38)35(4)22-11-7-20(18-33)8-12-22)34-25(37)14-10-19-9-13-24-21(16-19)17-32(44-24,29(40)41)30(42)43/h7-14,16,23,26H,5-6,15,17H2,1-4H3,(H,34,37)(H,40,41)(H,42,43)/b14-10+/t23-,26+/m0/s1. The number of carbonyl (C=O) groups excluding carboxylic acids is 3. The van der Waals surface area contributed by atoms with Crippen molar-refractivity contribution in [2.75, 3.05) is 18.5 Å². The van der Waals surface area contributed by atoms with Crippen molar-refractivity contribution in [3.8, 4) is 11.8 Å². The van der Waals surface area contributed by atoms with Crippen LogP contribution in [0.5, 0.6) is 5.75 Å². The van der Waals surface area contributed by atoms with Crippen molar-refractivity contribution in [2.45, 2.75) is 57.7 Å². The number of rotatable bonds is 8. The van der Waals surface area contributed by atoms with Crippen LogP contribution in [0.25, 0.3) is 6.08 Å². The topological polar surface area (TPSA) is 177 Å². The molecule has 1 saturated heterocycles. The number of amides is 3. The van der Waals surface area contributed by atoms with Crippen molar-refractivity contribution in [1.29, 1.82) is 5.26 Å². The lowest BCUT2D eigenvalue weighted by molar-refractivity contribution is -0.170. The summed E-state index contributed by atoms with van der Waals surface area (Å²) in [6.07, 6.45) is 3.42. The van der Waals surface area contributed by atoms with Crippen molar-refractivity contribution >= 4 is 41.4 Å². The Hall–Kier alpha value is -5.18. The van der Waals surface area contributed by atoms with E-state index in [1.165, 1.54) is 28.0 Å². The molecule has 3 amide bonds. The molecule has 0 aromatic heterocycles. The van der Waals surface area contributed by atoms with E-state index in [4.69, 9.17) is 10.00 Å². The van der Waals surface area contributed by atoms with E-state index < -0.39 is 40.9 Å². The van der Waals surface area contributed by atoms with E-state index in [0.717, 1.165) is 0 Å². The van der Waals surface area contributed by atoms with Crippen molar-refractivity contribution in [3.63, 3.8) is 0 Å². The van der Waals surface area contributed by atoms with Gasteiger partial charge in [-0.2, -0.15) is 5.26 Å². The van der Waals surface area contributed by atoms with Crippen molar-refractivity contribution < 1.29 is 38.9 Å². The quantitative estimate of drug-likeness (QED) is 0.303. The lowest BCUT2D eigenvalue weighted by Gasteiger charge is -2.36. The lowest BCUT2D eigenvalue weighted by atomic mass is 9.85. The highest BCUT2D eigenvalue weighted by Gasteiger charge is 2.54. The number of nitriles is 1. The van der Waals surface area contributed by atoms with Gasteiger partial charge in [-0.25, -0.2) is 9.59 Å². The van der Waals surface area contributed by atoms with Gasteiger partial charge in [0.15, 0.2) is 0 Å². The smallest absolute Gasteiger partial charge is 0.360 e. The molecule has 2 aromatic rings. The third-order valence-corrected chi connectivity index (χ3v) is 7.86. The highest BCUT2D eigenvalue weighted by atomic mass is 16.6. The first-order valence-corrected chi connectivity index (χ1v) is 14.0. The SMILES string of the molecule is CN(C(=O)[C@@H]1CCCN1C(=O)[C@@H](NC(=O)/C=C/c1ccc2c(c1)CC(C(=O)O)(C(=O)O)O2)C(C)(C)C)c1ccc(C#N)cc1. The number of likely N-dealkylation sites (N-methyl/N-ethyl adjacent to an activating group) is 1. The second-order valence-corrected chi connectivity index (χ2v) is 12.0. The summed E-state index contributed by atoms with van der Waals surface area (Å²) >= 11 is 0. The minimum Gasteiger partial charge on any atom is -0.478 e. The van der Waals surface area contributed by atoms with Crippen molar-refractivity contribution in [2.24, 2.45) is 5.41 Å². The van der Waals surface area contributed by atoms with E-state index in [1.807, 2.05) is 26.8 Å². The lowest BCUT2D eigenvalue weighted by Crippen LogP contribution is -2.57. The minimum absolute atomic E-state index is 0.134. The largest absolute Gasteiger partial charge is 0.478 e. The second kappa shape index (κ2) is 12.2. The number of anilines is 1. The molecule has 0 radical (unpaired) electrons. The molecule has 4 rings (SSSR count). The summed E-state index contributed by atoms with van der Waals surface area (Å²) < 4.78 is 5.25. The monoisotopic (exact) mass is 602 g/mol. The Morgan fingerprint density at radius 2 is 1.77 bits per heavy atom. The summed E-state index contributed by atoms with van der Waals surface area (Å²) in [5.74, 6) is -4.30. The molecule has 12 nitrogen and oxygen atoms in total. The number of aliphatic carboxylic acids is 2. The van der Waals surface area contributed by atoms with Crippen LogP contribution in [0, 0.1) is 16.7 Å².